The van der Waals surface area contributed by atoms with E-state index in [4.69, 9.17) is 5.73 Å². The van der Waals surface area contributed by atoms with Gasteiger partial charge in [-0.1, -0.05) is 44.7 Å². The van der Waals surface area contributed by atoms with Gasteiger partial charge in [0.15, 0.2) is 0 Å². The number of rotatable bonds is 7. The van der Waals surface area contributed by atoms with E-state index in [0.29, 0.717) is 6.42 Å². The molecular formula is C15H21F4NO. The number of aliphatic hydroxyl groups is 1. The van der Waals surface area contributed by atoms with Gasteiger partial charge in [-0.2, -0.15) is 13.2 Å². The summed E-state index contributed by atoms with van der Waals surface area (Å²) < 4.78 is 52.7. The Morgan fingerprint density at radius 1 is 1.10 bits per heavy atom. The van der Waals surface area contributed by atoms with Gasteiger partial charge < -0.3 is 10.8 Å². The Morgan fingerprint density at radius 2 is 1.67 bits per heavy atom. The fraction of sp³-hybridized carbons (Fsp3) is 0.600. The van der Waals surface area contributed by atoms with Crippen LogP contribution in [0.5, 0.6) is 0 Å². The molecule has 1 aromatic rings. The normalized spacial score (nSPS) is 16.5. The van der Waals surface area contributed by atoms with Crippen molar-refractivity contribution >= 4 is 0 Å². The largest absolute Gasteiger partial charge is 0.422 e. The highest BCUT2D eigenvalue weighted by Gasteiger charge is 2.58. The minimum absolute atomic E-state index is 0.0490. The van der Waals surface area contributed by atoms with Crippen LogP contribution in [0.3, 0.4) is 0 Å². The van der Waals surface area contributed by atoms with Crippen molar-refractivity contribution in [2.45, 2.75) is 56.8 Å². The lowest BCUT2D eigenvalue weighted by Gasteiger charge is -2.36. The third-order valence-corrected chi connectivity index (χ3v) is 3.62. The molecule has 2 nitrogen and oxygen atoms in total. The second kappa shape index (κ2) is 7.22. The fourth-order valence-electron chi connectivity index (χ4n) is 2.29. The molecule has 0 heterocycles. The average molecular weight is 307 g/mol. The Balaban J connectivity index is 2.96. The summed E-state index contributed by atoms with van der Waals surface area (Å²) in [6.07, 6.45) is -1.73. The van der Waals surface area contributed by atoms with E-state index in [1.807, 2.05) is 6.92 Å². The van der Waals surface area contributed by atoms with Crippen molar-refractivity contribution < 1.29 is 22.7 Å². The van der Waals surface area contributed by atoms with Crippen molar-refractivity contribution in [1.29, 1.82) is 0 Å². The van der Waals surface area contributed by atoms with Crippen LogP contribution in [0.1, 0.15) is 44.6 Å². The molecule has 3 N–H and O–H groups in total. The Morgan fingerprint density at radius 3 is 2.14 bits per heavy atom. The van der Waals surface area contributed by atoms with Gasteiger partial charge in [0.2, 0.25) is 5.60 Å². The molecule has 0 aliphatic carbocycles. The second-order valence-corrected chi connectivity index (χ2v) is 5.23. The predicted molar refractivity (Wildman–Crippen MR) is 73.1 cm³/mol. The summed E-state index contributed by atoms with van der Waals surface area (Å²) in [5.74, 6) is -0.667. The summed E-state index contributed by atoms with van der Waals surface area (Å²) in [6.45, 7) is 1.99. The highest BCUT2D eigenvalue weighted by Crippen LogP contribution is 2.42. The molecule has 0 radical (unpaired) electrons. The van der Waals surface area contributed by atoms with E-state index in [9.17, 15) is 22.7 Å². The zero-order valence-electron chi connectivity index (χ0n) is 12.0. The third-order valence-electron chi connectivity index (χ3n) is 3.62. The van der Waals surface area contributed by atoms with Gasteiger partial charge in [-0.25, -0.2) is 4.39 Å². The summed E-state index contributed by atoms with van der Waals surface area (Å²) in [5, 5.41) is 10.2. The van der Waals surface area contributed by atoms with Crippen LogP contribution in [0.2, 0.25) is 0 Å². The third kappa shape index (κ3) is 4.17. The molecule has 120 valence electrons. The average Bonchev–Trinajstić information content (AvgIpc) is 2.42. The number of hydrogen-bond acceptors (Lipinski definition) is 2. The SMILES string of the molecule is CCCCCCC(N)C(O)(c1ccc(F)cc1)C(F)(F)F. The first kappa shape index (κ1) is 17.9. The molecule has 21 heavy (non-hydrogen) atoms. The van der Waals surface area contributed by atoms with Crippen LogP contribution in [-0.4, -0.2) is 17.3 Å². The van der Waals surface area contributed by atoms with Gasteiger partial charge in [0, 0.05) is 6.04 Å². The maximum Gasteiger partial charge on any atom is 0.422 e. The first-order valence-electron chi connectivity index (χ1n) is 7.04. The Kier molecular flexibility index (Phi) is 6.16. The summed E-state index contributed by atoms with van der Waals surface area (Å²) in [6, 6.07) is 2.13. The van der Waals surface area contributed by atoms with E-state index in [0.717, 1.165) is 43.5 Å². The van der Waals surface area contributed by atoms with Gasteiger partial charge in [-0.15, -0.1) is 0 Å². The van der Waals surface area contributed by atoms with Crippen LogP contribution in [0, 0.1) is 5.82 Å². The number of unbranched alkanes of at least 4 members (excludes halogenated alkanes) is 3. The molecule has 0 aliphatic heterocycles. The Hall–Kier alpha value is -1.14. The number of alkyl halides is 3. The molecule has 2 atom stereocenters. The predicted octanol–water partition coefficient (Wildman–Crippen LogP) is 3.87. The molecule has 0 bridgehead atoms. The van der Waals surface area contributed by atoms with Gasteiger partial charge in [0.25, 0.3) is 0 Å². The number of hydrogen-bond donors (Lipinski definition) is 2. The standard InChI is InChI=1S/C15H21F4NO/c1-2-3-4-5-6-13(20)14(21,15(17,18)19)11-7-9-12(16)10-8-11/h7-10,13,21H,2-6,20H2,1H3. The summed E-state index contributed by atoms with van der Waals surface area (Å²) in [4.78, 5) is 0. The van der Waals surface area contributed by atoms with Crippen LogP contribution in [0.25, 0.3) is 0 Å². The fourth-order valence-corrected chi connectivity index (χ4v) is 2.29. The number of halogens is 4. The van der Waals surface area contributed by atoms with Crippen molar-refractivity contribution in [2.24, 2.45) is 5.73 Å². The van der Waals surface area contributed by atoms with E-state index in [2.05, 4.69) is 0 Å². The van der Waals surface area contributed by atoms with E-state index < -0.39 is 29.2 Å². The maximum atomic E-state index is 13.3. The Bertz CT molecular complexity index is 432. The first-order valence-corrected chi connectivity index (χ1v) is 7.04. The van der Waals surface area contributed by atoms with Crippen molar-refractivity contribution in [2.75, 3.05) is 0 Å². The molecule has 1 rings (SSSR count). The lowest BCUT2D eigenvalue weighted by molar-refractivity contribution is -0.275. The van der Waals surface area contributed by atoms with Crippen LogP contribution in [0.4, 0.5) is 17.6 Å². The zero-order chi connectivity index (χ0) is 16.1. The summed E-state index contributed by atoms with van der Waals surface area (Å²) >= 11 is 0. The molecule has 0 spiro atoms. The van der Waals surface area contributed by atoms with E-state index in [-0.39, 0.29) is 6.42 Å². The van der Waals surface area contributed by atoms with E-state index in [1.165, 1.54) is 0 Å². The first-order chi connectivity index (χ1) is 9.73. The minimum atomic E-state index is -4.92. The quantitative estimate of drug-likeness (QED) is 0.593. The summed E-state index contributed by atoms with van der Waals surface area (Å²) in [5.41, 5.74) is 2.04. The van der Waals surface area contributed by atoms with Gasteiger partial charge >= 0.3 is 6.18 Å². The molecule has 1 aromatic carbocycles. The minimum Gasteiger partial charge on any atom is -0.375 e. The van der Waals surface area contributed by atoms with Gasteiger partial charge in [0.05, 0.1) is 0 Å². The van der Waals surface area contributed by atoms with Crippen molar-refractivity contribution in [3.05, 3.63) is 35.6 Å². The molecule has 0 saturated carbocycles. The van der Waals surface area contributed by atoms with E-state index in [1.54, 1.807) is 0 Å². The highest BCUT2D eigenvalue weighted by atomic mass is 19.4. The van der Waals surface area contributed by atoms with Crippen LogP contribution < -0.4 is 5.73 Å². The molecule has 0 aromatic heterocycles. The topological polar surface area (TPSA) is 46.2 Å². The van der Waals surface area contributed by atoms with E-state index >= 15 is 0 Å². The Labute approximate surface area is 122 Å². The monoisotopic (exact) mass is 307 g/mol. The van der Waals surface area contributed by atoms with Crippen LogP contribution >= 0.6 is 0 Å². The van der Waals surface area contributed by atoms with Crippen LogP contribution in [0.15, 0.2) is 24.3 Å². The molecule has 6 heteroatoms. The van der Waals surface area contributed by atoms with Crippen molar-refractivity contribution in [1.82, 2.24) is 0 Å². The maximum absolute atomic E-state index is 13.3. The van der Waals surface area contributed by atoms with Gasteiger partial charge in [0.1, 0.15) is 5.82 Å². The molecule has 0 aliphatic rings. The molecular weight excluding hydrogens is 286 g/mol. The van der Waals surface area contributed by atoms with Crippen LogP contribution in [-0.2, 0) is 5.60 Å². The molecule has 0 fully saturated rings. The lowest BCUT2D eigenvalue weighted by atomic mass is 9.83. The van der Waals surface area contributed by atoms with Crippen molar-refractivity contribution in [3.8, 4) is 0 Å². The molecule has 0 amide bonds. The van der Waals surface area contributed by atoms with Gasteiger partial charge in [-0.05, 0) is 24.1 Å². The number of nitrogens with two attached hydrogens (primary N) is 1. The molecule has 0 saturated heterocycles. The molecule has 2 unspecified atom stereocenters. The highest BCUT2D eigenvalue weighted by molar-refractivity contribution is 5.27. The lowest BCUT2D eigenvalue weighted by Crippen LogP contribution is -2.55. The second-order valence-electron chi connectivity index (χ2n) is 5.23. The smallest absolute Gasteiger partial charge is 0.375 e. The van der Waals surface area contributed by atoms with Crippen molar-refractivity contribution in [3.63, 3.8) is 0 Å². The number of benzene rings is 1. The summed E-state index contributed by atoms with van der Waals surface area (Å²) in [7, 11) is 0. The zero-order valence-corrected chi connectivity index (χ0v) is 12.0. The van der Waals surface area contributed by atoms with Gasteiger partial charge in [-0.3, -0.25) is 0 Å².